The minimum atomic E-state index is -3.64. The van der Waals surface area contributed by atoms with Gasteiger partial charge in [0, 0.05) is 43.6 Å². The van der Waals surface area contributed by atoms with Gasteiger partial charge in [-0.15, -0.1) is 0 Å². The summed E-state index contributed by atoms with van der Waals surface area (Å²) in [5.41, 5.74) is 2.98. The van der Waals surface area contributed by atoms with Crippen LogP contribution in [0.5, 0.6) is 0 Å². The van der Waals surface area contributed by atoms with Crippen molar-refractivity contribution in [1.82, 2.24) is 14.3 Å². The average molecular weight is 458 g/mol. The molecule has 2 heterocycles. The fourth-order valence-corrected chi connectivity index (χ4v) is 5.38. The van der Waals surface area contributed by atoms with Gasteiger partial charge in [-0.25, -0.2) is 13.4 Å². The molecule has 0 atom stereocenters. The third-order valence-corrected chi connectivity index (χ3v) is 7.54. The Kier molecular flexibility index (Phi) is 6.13. The largest absolute Gasteiger partial charge is 0.340 e. The molecule has 1 N–H and O–H groups in total. The molecule has 0 bridgehead atoms. The molecule has 0 radical (unpaired) electrons. The maximum absolute atomic E-state index is 13.0. The van der Waals surface area contributed by atoms with Crippen LogP contribution in [-0.4, -0.2) is 48.9 Å². The van der Waals surface area contributed by atoms with Crippen LogP contribution in [0.2, 0.25) is 5.02 Å². The molecule has 3 aromatic rings. The Morgan fingerprint density at radius 2 is 1.61 bits per heavy atom. The Balaban J connectivity index is 1.48. The zero-order valence-electron chi connectivity index (χ0n) is 17.4. The molecular weight excluding hydrogens is 434 g/mol. The average Bonchev–Trinajstić information content (AvgIpc) is 2.75. The van der Waals surface area contributed by atoms with Crippen LogP contribution in [0, 0.1) is 13.8 Å². The Morgan fingerprint density at radius 3 is 2.29 bits per heavy atom. The number of nitrogens with zero attached hydrogens (tertiary/aromatic N) is 4. The Bertz CT molecular complexity index is 1180. The maximum atomic E-state index is 13.0. The molecule has 31 heavy (non-hydrogen) atoms. The zero-order valence-corrected chi connectivity index (χ0v) is 19.0. The third-order valence-electron chi connectivity index (χ3n) is 5.14. The van der Waals surface area contributed by atoms with Crippen molar-refractivity contribution < 1.29 is 8.42 Å². The van der Waals surface area contributed by atoms with Gasteiger partial charge in [0.05, 0.1) is 5.02 Å². The molecule has 0 aliphatic carbocycles. The van der Waals surface area contributed by atoms with Crippen LogP contribution >= 0.6 is 11.6 Å². The highest BCUT2D eigenvalue weighted by atomic mass is 35.5. The second kappa shape index (κ2) is 8.82. The van der Waals surface area contributed by atoms with Gasteiger partial charge in [-0.05, 0) is 38.1 Å². The second-order valence-electron chi connectivity index (χ2n) is 7.51. The highest BCUT2D eigenvalue weighted by Gasteiger charge is 2.30. The number of halogens is 1. The fourth-order valence-electron chi connectivity index (χ4n) is 3.46. The van der Waals surface area contributed by atoms with Gasteiger partial charge in [0.15, 0.2) is 0 Å². The lowest BCUT2D eigenvalue weighted by Gasteiger charge is -2.34. The molecule has 1 aliphatic heterocycles. The monoisotopic (exact) mass is 457 g/mol. The van der Waals surface area contributed by atoms with Crippen LogP contribution in [0.4, 0.5) is 17.5 Å². The first-order chi connectivity index (χ1) is 14.8. The van der Waals surface area contributed by atoms with E-state index in [9.17, 15) is 8.42 Å². The van der Waals surface area contributed by atoms with Crippen LogP contribution in [0.15, 0.2) is 59.5 Å². The Hall–Kier alpha value is -2.68. The number of hydrogen-bond acceptors (Lipinski definition) is 6. The summed E-state index contributed by atoms with van der Waals surface area (Å²) in [4.78, 5) is 11.4. The summed E-state index contributed by atoms with van der Waals surface area (Å²) in [5, 5.41) is 3.55. The molecule has 9 heteroatoms. The summed E-state index contributed by atoms with van der Waals surface area (Å²) < 4.78 is 27.4. The van der Waals surface area contributed by atoms with E-state index < -0.39 is 10.0 Å². The van der Waals surface area contributed by atoms with Crippen molar-refractivity contribution in [1.29, 1.82) is 0 Å². The van der Waals surface area contributed by atoms with Crippen molar-refractivity contribution in [3.63, 3.8) is 0 Å². The first kappa shape index (κ1) is 21.5. The Labute approximate surface area is 187 Å². The van der Waals surface area contributed by atoms with Crippen molar-refractivity contribution in [3.05, 3.63) is 70.9 Å². The molecule has 0 amide bonds. The van der Waals surface area contributed by atoms with E-state index in [1.54, 1.807) is 18.2 Å². The molecule has 1 fully saturated rings. The zero-order chi connectivity index (χ0) is 22.0. The molecule has 1 aliphatic rings. The number of benzene rings is 2. The highest BCUT2D eigenvalue weighted by Crippen LogP contribution is 2.26. The van der Waals surface area contributed by atoms with E-state index in [4.69, 9.17) is 11.6 Å². The van der Waals surface area contributed by atoms with Crippen molar-refractivity contribution in [2.24, 2.45) is 0 Å². The van der Waals surface area contributed by atoms with E-state index in [-0.39, 0.29) is 9.92 Å². The summed E-state index contributed by atoms with van der Waals surface area (Å²) in [7, 11) is -3.64. The molecular formula is C22H24ClN5O2S. The number of nitrogens with one attached hydrogen (secondary N) is 1. The predicted octanol–water partition coefficient (Wildman–Crippen LogP) is 4.00. The van der Waals surface area contributed by atoms with Gasteiger partial charge in [-0.3, -0.25) is 0 Å². The van der Waals surface area contributed by atoms with Crippen molar-refractivity contribution in [2.75, 3.05) is 36.4 Å². The quantitative estimate of drug-likeness (QED) is 0.623. The van der Waals surface area contributed by atoms with E-state index >= 15 is 0 Å². The highest BCUT2D eigenvalue weighted by molar-refractivity contribution is 7.89. The maximum Gasteiger partial charge on any atom is 0.244 e. The van der Waals surface area contributed by atoms with Crippen LogP contribution in [-0.2, 0) is 10.0 Å². The number of hydrogen-bond donors (Lipinski definition) is 1. The summed E-state index contributed by atoms with van der Waals surface area (Å²) in [6.07, 6.45) is 0. The van der Waals surface area contributed by atoms with Gasteiger partial charge in [0.25, 0.3) is 0 Å². The molecule has 7 nitrogen and oxygen atoms in total. The molecule has 0 spiro atoms. The summed E-state index contributed by atoms with van der Waals surface area (Å²) >= 11 is 6.12. The van der Waals surface area contributed by atoms with E-state index in [0.717, 1.165) is 11.4 Å². The fraction of sp³-hybridized carbons (Fsp3) is 0.273. The number of piperazine rings is 1. The number of anilines is 3. The van der Waals surface area contributed by atoms with E-state index in [2.05, 4.69) is 15.3 Å². The lowest BCUT2D eigenvalue weighted by molar-refractivity contribution is 0.382. The van der Waals surface area contributed by atoms with Gasteiger partial charge >= 0.3 is 0 Å². The van der Waals surface area contributed by atoms with E-state index in [0.29, 0.717) is 37.9 Å². The van der Waals surface area contributed by atoms with Crippen LogP contribution < -0.4 is 10.2 Å². The second-order valence-corrected chi connectivity index (χ2v) is 9.82. The smallest absolute Gasteiger partial charge is 0.244 e. The van der Waals surface area contributed by atoms with Gasteiger partial charge < -0.3 is 10.2 Å². The van der Waals surface area contributed by atoms with E-state index in [1.165, 1.54) is 15.9 Å². The van der Waals surface area contributed by atoms with Crippen molar-refractivity contribution in [3.8, 4) is 0 Å². The standard InChI is InChI=1S/C22H24ClN5O2S/c1-16-7-9-18(10-8-16)25-21-15-17(2)24-22(26-21)27-11-13-28(14-12-27)31(29,30)20-6-4-3-5-19(20)23/h3-10,15H,11-14H2,1-2H3,(H,24,25,26). The Morgan fingerprint density at radius 1 is 0.935 bits per heavy atom. The number of aryl methyl sites for hydroxylation is 2. The third kappa shape index (κ3) is 4.81. The molecule has 0 unspecified atom stereocenters. The number of aromatic nitrogens is 2. The molecule has 1 saturated heterocycles. The first-order valence-electron chi connectivity index (χ1n) is 10.0. The van der Waals surface area contributed by atoms with Gasteiger partial charge in [-0.2, -0.15) is 9.29 Å². The normalized spacial score (nSPS) is 15.1. The molecule has 162 valence electrons. The molecule has 0 saturated carbocycles. The van der Waals surface area contributed by atoms with Crippen LogP contribution in [0.25, 0.3) is 0 Å². The summed E-state index contributed by atoms with van der Waals surface area (Å²) in [6.45, 7) is 5.64. The topological polar surface area (TPSA) is 78.4 Å². The van der Waals surface area contributed by atoms with Gasteiger partial charge in [-0.1, -0.05) is 41.4 Å². The lowest BCUT2D eigenvalue weighted by Crippen LogP contribution is -2.49. The van der Waals surface area contributed by atoms with Crippen LogP contribution in [0.1, 0.15) is 11.3 Å². The van der Waals surface area contributed by atoms with Gasteiger partial charge in [0.1, 0.15) is 10.7 Å². The summed E-state index contributed by atoms with van der Waals surface area (Å²) in [6, 6.07) is 16.5. The SMILES string of the molecule is Cc1ccc(Nc2cc(C)nc(N3CCN(S(=O)(=O)c4ccccc4Cl)CC3)n2)cc1. The van der Waals surface area contributed by atoms with Crippen molar-refractivity contribution in [2.45, 2.75) is 18.7 Å². The molecule has 2 aromatic carbocycles. The minimum Gasteiger partial charge on any atom is -0.340 e. The molecule has 4 rings (SSSR count). The number of sulfonamides is 1. The first-order valence-corrected chi connectivity index (χ1v) is 11.8. The summed E-state index contributed by atoms with van der Waals surface area (Å²) in [5.74, 6) is 1.29. The number of rotatable bonds is 5. The molecule has 1 aromatic heterocycles. The lowest BCUT2D eigenvalue weighted by atomic mass is 10.2. The van der Waals surface area contributed by atoms with E-state index in [1.807, 2.05) is 49.1 Å². The minimum absolute atomic E-state index is 0.140. The van der Waals surface area contributed by atoms with Crippen LogP contribution in [0.3, 0.4) is 0 Å². The predicted molar refractivity (Wildman–Crippen MR) is 124 cm³/mol. The van der Waals surface area contributed by atoms with Crippen molar-refractivity contribution >= 4 is 39.1 Å². The van der Waals surface area contributed by atoms with Gasteiger partial charge in [0.2, 0.25) is 16.0 Å².